The molecule has 0 aliphatic rings. The molecule has 0 amide bonds. The molecule has 0 radical (unpaired) electrons. The fraction of sp³-hybridized carbons (Fsp3) is 1.00. The van der Waals surface area contributed by atoms with E-state index >= 15 is 0 Å². The average molecular weight is 477 g/mol. The van der Waals surface area contributed by atoms with Crippen LogP contribution < -0.4 is 0 Å². The Labute approximate surface area is 197 Å². The van der Waals surface area contributed by atoms with Gasteiger partial charge in [-0.05, 0) is 113 Å². The van der Waals surface area contributed by atoms with Crippen LogP contribution in [-0.4, -0.2) is 39.5 Å². The van der Waals surface area contributed by atoms with Crippen molar-refractivity contribution in [2.24, 2.45) is 0 Å². The summed E-state index contributed by atoms with van der Waals surface area (Å²) in [7, 11) is -4.97. The van der Waals surface area contributed by atoms with E-state index in [4.69, 9.17) is 17.7 Å². The van der Waals surface area contributed by atoms with Gasteiger partial charge in [-0.1, -0.05) is 27.7 Å². The van der Waals surface area contributed by atoms with E-state index in [1.165, 1.54) is 0 Å². The Morgan fingerprint density at radius 1 is 0.452 bits per heavy atom. The molecule has 0 rings (SSSR count). The molecule has 0 aliphatic heterocycles. The van der Waals surface area contributed by atoms with Crippen LogP contribution in [0.2, 0.25) is 23.2 Å². The largest absolute Gasteiger partial charge is 0.389 e. The molecule has 0 aliphatic carbocycles. The maximum atomic E-state index is 6.79. The molecule has 6 heteroatoms. The summed E-state index contributed by atoms with van der Waals surface area (Å²) in [5, 5.41) is 0. The SMILES string of the molecule is CC(C)[Si](CCC[Si](OC(C)(C)C)(OC(C)(C)C)C(C)C)(OC(C)(C)C)OC(C)(C)C. The Bertz CT molecular complexity index is 452. The molecule has 0 atom stereocenters. The summed E-state index contributed by atoms with van der Waals surface area (Å²) >= 11 is 0. The van der Waals surface area contributed by atoms with Crippen molar-refractivity contribution in [3.05, 3.63) is 0 Å². The Hall–Kier alpha value is 0.274. The summed E-state index contributed by atoms with van der Waals surface area (Å²) in [6.07, 6.45) is 0.993. The van der Waals surface area contributed by atoms with Crippen LogP contribution in [0.3, 0.4) is 0 Å². The molecule has 0 saturated heterocycles. The van der Waals surface area contributed by atoms with Gasteiger partial charge in [0.15, 0.2) is 0 Å². The van der Waals surface area contributed by atoms with Crippen LogP contribution in [0.15, 0.2) is 0 Å². The minimum absolute atomic E-state index is 0.238. The highest BCUT2D eigenvalue weighted by atomic mass is 28.4. The predicted molar refractivity (Wildman–Crippen MR) is 139 cm³/mol. The molecular formula is C25H56O4Si2. The molecule has 0 spiro atoms. The summed E-state index contributed by atoms with van der Waals surface area (Å²) in [6.45, 7) is 34.7. The fourth-order valence-electron chi connectivity index (χ4n) is 3.95. The van der Waals surface area contributed by atoms with Gasteiger partial charge in [0.1, 0.15) is 0 Å². The van der Waals surface area contributed by atoms with Gasteiger partial charge in [0.25, 0.3) is 0 Å². The molecule has 0 bridgehead atoms. The molecule has 4 nitrogen and oxygen atoms in total. The third-order valence-corrected chi connectivity index (χ3v) is 14.2. The zero-order valence-electron chi connectivity index (χ0n) is 23.9. The lowest BCUT2D eigenvalue weighted by Gasteiger charge is -2.46. The number of hydrogen-bond acceptors (Lipinski definition) is 4. The Morgan fingerprint density at radius 2 is 0.645 bits per heavy atom. The van der Waals surface area contributed by atoms with Crippen molar-refractivity contribution >= 4 is 17.1 Å². The first-order chi connectivity index (χ1) is 13.4. The van der Waals surface area contributed by atoms with Crippen molar-refractivity contribution in [2.75, 3.05) is 0 Å². The molecule has 0 aromatic carbocycles. The first kappa shape index (κ1) is 31.3. The monoisotopic (exact) mass is 476 g/mol. The predicted octanol–water partition coefficient (Wildman–Crippen LogP) is 8.34. The van der Waals surface area contributed by atoms with Crippen LogP contribution in [0.4, 0.5) is 0 Å². The second kappa shape index (κ2) is 10.7. The smallest absolute Gasteiger partial charge is 0.341 e. The third-order valence-electron chi connectivity index (χ3n) is 4.73. The Balaban J connectivity index is 5.97. The molecule has 31 heavy (non-hydrogen) atoms. The fourth-order valence-corrected chi connectivity index (χ4v) is 12.4. The molecule has 0 unspecified atom stereocenters. The van der Waals surface area contributed by atoms with Gasteiger partial charge in [0.2, 0.25) is 0 Å². The zero-order valence-corrected chi connectivity index (χ0v) is 25.9. The Morgan fingerprint density at radius 3 is 0.774 bits per heavy atom. The van der Waals surface area contributed by atoms with Gasteiger partial charge in [0.05, 0.1) is 22.4 Å². The Kier molecular flexibility index (Phi) is 10.8. The minimum Gasteiger partial charge on any atom is -0.389 e. The normalized spacial score (nSPS) is 15.3. The minimum atomic E-state index is -2.48. The second-order valence-corrected chi connectivity index (χ2v) is 21.0. The molecule has 0 N–H and O–H groups in total. The van der Waals surface area contributed by atoms with E-state index in [1.54, 1.807) is 0 Å². The van der Waals surface area contributed by atoms with Gasteiger partial charge in [-0.2, -0.15) is 0 Å². The standard InChI is InChI=1S/C25H56O4Si2/c1-20(2)30(26-22(5,6)7,27-23(8,9)10)18-17-19-31(21(3)4,28-24(11,12)13)29-25(14,15)16/h20-21H,17-19H2,1-16H3. The zero-order chi connectivity index (χ0) is 25.1. The first-order valence-corrected chi connectivity index (χ1v) is 16.4. The van der Waals surface area contributed by atoms with Crippen LogP contribution in [0.1, 0.15) is 117 Å². The van der Waals surface area contributed by atoms with Crippen LogP contribution in [0, 0.1) is 0 Å². The van der Waals surface area contributed by atoms with E-state index in [9.17, 15) is 0 Å². The van der Waals surface area contributed by atoms with Crippen molar-refractivity contribution in [1.82, 2.24) is 0 Å². The summed E-state index contributed by atoms with van der Waals surface area (Å²) in [5.74, 6) is 0. The van der Waals surface area contributed by atoms with E-state index in [2.05, 4.69) is 111 Å². The second-order valence-electron chi connectivity index (χ2n) is 13.6. The van der Waals surface area contributed by atoms with Crippen molar-refractivity contribution in [3.8, 4) is 0 Å². The number of hydrogen-bond donors (Lipinski definition) is 0. The molecular weight excluding hydrogens is 420 g/mol. The number of rotatable bonds is 10. The maximum absolute atomic E-state index is 6.79. The third kappa shape index (κ3) is 12.3. The topological polar surface area (TPSA) is 36.9 Å². The van der Waals surface area contributed by atoms with Crippen LogP contribution in [0.5, 0.6) is 0 Å². The van der Waals surface area contributed by atoms with Crippen molar-refractivity contribution in [3.63, 3.8) is 0 Å². The molecule has 0 aromatic rings. The van der Waals surface area contributed by atoms with Gasteiger partial charge in [-0.25, -0.2) is 0 Å². The van der Waals surface area contributed by atoms with E-state index in [0.717, 1.165) is 18.5 Å². The summed E-state index contributed by atoms with van der Waals surface area (Å²) in [4.78, 5) is 0. The van der Waals surface area contributed by atoms with E-state index in [-0.39, 0.29) is 22.4 Å². The van der Waals surface area contributed by atoms with Gasteiger partial charge in [-0.15, -0.1) is 0 Å². The quantitative estimate of drug-likeness (QED) is 0.297. The van der Waals surface area contributed by atoms with Gasteiger partial charge >= 0.3 is 17.1 Å². The van der Waals surface area contributed by atoms with Crippen molar-refractivity contribution in [2.45, 2.75) is 163 Å². The van der Waals surface area contributed by atoms with E-state index in [1.807, 2.05) is 0 Å². The lowest BCUT2D eigenvalue weighted by atomic mass is 10.2. The molecule has 188 valence electrons. The first-order valence-electron chi connectivity index (χ1n) is 12.2. The van der Waals surface area contributed by atoms with Crippen molar-refractivity contribution in [1.29, 1.82) is 0 Å². The lowest BCUT2D eigenvalue weighted by molar-refractivity contribution is 0.00695. The highest BCUT2D eigenvalue weighted by molar-refractivity contribution is 6.70. The summed E-state index contributed by atoms with van der Waals surface area (Å²) in [5.41, 5.74) is -0.242. The highest BCUT2D eigenvalue weighted by Gasteiger charge is 2.50. The van der Waals surface area contributed by atoms with Crippen LogP contribution in [-0.2, 0) is 17.7 Å². The molecule has 0 aromatic heterocycles. The maximum Gasteiger partial charge on any atom is 0.341 e. The van der Waals surface area contributed by atoms with E-state index < -0.39 is 17.1 Å². The van der Waals surface area contributed by atoms with Gasteiger partial charge in [-0.3, -0.25) is 0 Å². The van der Waals surface area contributed by atoms with Crippen LogP contribution in [0.25, 0.3) is 0 Å². The highest BCUT2D eigenvalue weighted by Crippen LogP contribution is 2.41. The summed E-state index contributed by atoms with van der Waals surface area (Å²) < 4.78 is 27.2. The van der Waals surface area contributed by atoms with Crippen LogP contribution >= 0.6 is 0 Å². The van der Waals surface area contributed by atoms with Gasteiger partial charge < -0.3 is 17.7 Å². The molecule has 0 heterocycles. The summed E-state index contributed by atoms with van der Waals surface area (Å²) in [6, 6.07) is 1.89. The van der Waals surface area contributed by atoms with Crippen molar-refractivity contribution < 1.29 is 17.7 Å². The van der Waals surface area contributed by atoms with Gasteiger partial charge in [0, 0.05) is 0 Å². The van der Waals surface area contributed by atoms with E-state index in [0.29, 0.717) is 11.1 Å². The molecule has 0 saturated carbocycles. The molecule has 0 fully saturated rings. The average Bonchev–Trinajstić information content (AvgIpc) is 2.38. The lowest BCUT2D eigenvalue weighted by Crippen LogP contribution is -2.55.